The third-order valence-electron chi connectivity index (χ3n) is 4.38. The van der Waals surface area contributed by atoms with Gasteiger partial charge in [-0.3, -0.25) is 0 Å². The lowest BCUT2D eigenvalue weighted by molar-refractivity contribution is 0.0911. The van der Waals surface area contributed by atoms with Crippen molar-refractivity contribution in [2.45, 2.75) is 52.6 Å². The minimum Gasteiger partial charge on any atom is -0.385 e. The second-order valence-electron chi connectivity index (χ2n) is 6.09. The van der Waals surface area contributed by atoms with Crippen LogP contribution in [0.2, 0.25) is 0 Å². The predicted octanol–water partition coefficient (Wildman–Crippen LogP) is 3.70. The van der Waals surface area contributed by atoms with Crippen LogP contribution in [0.25, 0.3) is 0 Å². The smallest absolute Gasteiger partial charge is 0.0866 e. The number of hydrogen-bond acceptors (Lipinski definition) is 1. The molecule has 0 spiro atoms. The molecule has 0 amide bonds. The topological polar surface area (TPSA) is 20.2 Å². The van der Waals surface area contributed by atoms with Crippen molar-refractivity contribution in [3.05, 3.63) is 23.3 Å². The summed E-state index contributed by atoms with van der Waals surface area (Å²) in [6.07, 6.45) is 7.64. The van der Waals surface area contributed by atoms with Crippen LogP contribution in [0.5, 0.6) is 0 Å². The number of rotatable bonds is 1. The van der Waals surface area contributed by atoms with Crippen LogP contribution in [0.1, 0.15) is 47.0 Å². The summed E-state index contributed by atoms with van der Waals surface area (Å²) in [6.45, 7) is 8.81. The zero-order chi connectivity index (χ0) is 11.9. The van der Waals surface area contributed by atoms with Crippen LogP contribution in [-0.4, -0.2) is 10.7 Å². The summed E-state index contributed by atoms with van der Waals surface area (Å²) < 4.78 is 0. The quantitative estimate of drug-likeness (QED) is 0.668. The molecule has 1 heteroatoms. The highest BCUT2D eigenvalue weighted by Gasteiger charge is 2.39. The van der Waals surface area contributed by atoms with E-state index in [1.807, 2.05) is 6.92 Å². The summed E-state index contributed by atoms with van der Waals surface area (Å²) in [4.78, 5) is 0. The van der Waals surface area contributed by atoms with Crippen molar-refractivity contribution in [2.75, 3.05) is 0 Å². The molecule has 2 rings (SSSR count). The molecule has 0 radical (unpaired) electrons. The third kappa shape index (κ3) is 1.98. The first-order valence-electron chi connectivity index (χ1n) is 6.53. The van der Waals surface area contributed by atoms with E-state index in [1.165, 1.54) is 11.1 Å². The molecule has 2 aliphatic rings. The van der Waals surface area contributed by atoms with E-state index in [2.05, 4.69) is 32.9 Å². The third-order valence-corrected chi connectivity index (χ3v) is 4.38. The summed E-state index contributed by atoms with van der Waals surface area (Å²) >= 11 is 0. The van der Waals surface area contributed by atoms with Crippen LogP contribution in [-0.2, 0) is 0 Å². The molecule has 0 fully saturated rings. The van der Waals surface area contributed by atoms with E-state index < -0.39 is 5.60 Å². The minimum absolute atomic E-state index is 0.575. The van der Waals surface area contributed by atoms with E-state index in [1.54, 1.807) is 0 Å². The van der Waals surface area contributed by atoms with E-state index >= 15 is 0 Å². The van der Waals surface area contributed by atoms with E-state index in [0.29, 0.717) is 17.8 Å². The van der Waals surface area contributed by atoms with Gasteiger partial charge >= 0.3 is 0 Å². The Kier molecular flexibility index (Phi) is 3.00. The molecule has 0 saturated heterocycles. The zero-order valence-corrected chi connectivity index (χ0v) is 11.0. The van der Waals surface area contributed by atoms with Crippen molar-refractivity contribution in [1.82, 2.24) is 0 Å². The fourth-order valence-corrected chi connectivity index (χ4v) is 3.12. The van der Waals surface area contributed by atoms with Gasteiger partial charge in [-0.25, -0.2) is 0 Å². The first-order valence-corrected chi connectivity index (χ1v) is 6.53. The first-order chi connectivity index (χ1) is 7.42. The molecule has 0 saturated carbocycles. The number of aliphatic hydroxyl groups is 1. The highest BCUT2D eigenvalue weighted by Crippen LogP contribution is 2.45. The lowest BCUT2D eigenvalue weighted by atomic mass is 9.80. The lowest BCUT2D eigenvalue weighted by Crippen LogP contribution is -2.29. The first kappa shape index (κ1) is 11.9. The van der Waals surface area contributed by atoms with Crippen molar-refractivity contribution in [3.8, 4) is 0 Å². The molecule has 0 bridgehead atoms. The number of allylic oxidation sites excluding steroid dienone is 2. The molecule has 3 atom stereocenters. The van der Waals surface area contributed by atoms with E-state index in [0.717, 1.165) is 19.3 Å². The highest BCUT2D eigenvalue weighted by atomic mass is 16.3. The maximum Gasteiger partial charge on any atom is 0.0866 e. The molecule has 3 unspecified atom stereocenters. The van der Waals surface area contributed by atoms with Gasteiger partial charge in [-0.15, -0.1) is 0 Å². The SMILES string of the molecule is CC(C)C1=CCC(C)(O)C2=CCC(C)C2C1. The average Bonchev–Trinajstić information content (AvgIpc) is 2.47. The summed E-state index contributed by atoms with van der Waals surface area (Å²) in [5, 5.41) is 10.5. The molecule has 0 aliphatic heterocycles. The van der Waals surface area contributed by atoms with E-state index in [4.69, 9.17) is 0 Å². The monoisotopic (exact) mass is 220 g/mol. The van der Waals surface area contributed by atoms with Crippen molar-refractivity contribution in [2.24, 2.45) is 17.8 Å². The van der Waals surface area contributed by atoms with Crippen molar-refractivity contribution in [3.63, 3.8) is 0 Å². The molecule has 1 nitrogen and oxygen atoms in total. The number of hydrogen-bond donors (Lipinski definition) is 1. The summed E-state index contributed by atoms with van der Waals surface area (Å²) in [7, 11) is 0. The fourth-order valence-electron chi connectivity index (χ4n) is 3.12. The summed E-state index contributed by atoms with van der Waals surface area (Å²) in [5.74, 6) is 1.89. The molecule has 90 valence electrons. The molecule has 0 aromatic heterocycles. The molecule has 2 aliphatic carbocycles. The highest BCUT2D eigenvalue weighted by molar-refractivity contribution is 5.30. The van der Waals surface area contributed by atoms with Gasteiger partial charge < -0.3 is 5.11 Å². The van der Waals surface area contributed by atoms with Crippen molar-refractivity contribution >= 4 is 0 Å². The Morgan fingerprint density at radius 3 is 2.69 bits per heavy atom. The molecule has 16 heavy (non-hydrogen) atoms. The maximum absolute atomic E-state index is 10.5. The zero-order valence-electron chi connectivity index (χ0n) is 11.0. The van der Waals surface area contributed by atoms with Gasteiger partial charge in [0.05, 0.1) is 5.60 Å². The Balaban J connectivity index is 2.31. The minimum atomic E-state index is -0.605. The Labute approximate surface area is 99.3 Å². The van der Waals surface area contributed by atoms with Crippen LogP contribution in [0.4, 0.5) is 0 Å². The molecule has 0 heterocycles. The number of fused-ring (bicyclic) bond motifs is 1. The van der Waals surface area contributed by atoms with E-state index in [9.17, 15) is 5.11 Å². The largest absolute Gasteiger partial charge is 0.385 e. The average molecular weight is 220 g/mol. The van der Waals surface area contributed by atoms with Gasteiger partial charge in [-0.05, 0) is 49.5 Å². The van der Waals surface area contributed by atoms with E-state index in [-0.39, 0.29) is 0 Å². The van der Waals surface area contributed by atoms with Crippen LogP contribution >= 0.6 is 0 Å². The Morgan fingerprint density at radius 2 is 2.06 bits per heavy atom. The molecule has 1 N–H and O–H groups in total. The Morgan fingerprint density at radius 1 is 1.38 bits per heavy atom. The lowest BCUT2D eigenvalue weighted by Gasteiger charge is -2.28. The Bertz CT molecular complexity index is 333. The molecule has 0 aromatic rings. The van der Waals surface area contributed by atoms with Crippen LogP contribution in [0.3, 0.4) is 0 Å². The second kappa shape index (κ2) is 4.03. The van der Waals surface area contributed by atoms with Gasteiger partial charge in [0.15, 0.2) is 0 Å². The van der Waals surface area contributed by atoms with Crippen molar-refractivity contribution in [1.29, 1.82) is 0 Å². The fraction of sp³-hybridized carbons (Fsp3) is 0.733. The van der Waals surface area contributed by atoms with Gasteiger partial charge in [0.1, 0.15) is 0 Å². The maximum atomic E-state index is 10.5. The predicted molar refractivity (Wildman–Crippen MR) is 68.1 cm³/mol. The van der Waals surface area contributed by atoms with Gasteiger partial charge in [-0.1, -0.05) is 38.5 Å². The standard InChI is InChI=1S/C15H24O/c1-10(2)12-7-8-15(4,16)14-6-5-11(3)13(14)9-12/h6-7,10-11,13,16H,5,8-9H2,1-4H3. The van der Waals surface area contributed by atoms with Gasteiger partial charge in [0, 0.05) is 0 Å². The van der Waals surface area contributed by atoms with Gasteiger partial charge in [-0.2, -0.15) is 0 Å². The van der Waals surface area contributed by atoms with Crippen LogP contribution in [0, 0.1) is 17.8 Å². The summed E-state index contributed by atoms with van der Waals surface area (Å²) in [5.41, 5.74) is 2.22. The Hall–Kier alpha value is -0.560. The van der Waals surface area contributed by atoms with Crippen LogP contribution < -0.4 is 0 Å². The molecular weight excluding hydrogens is 196 g/mol. The molecular formula is C15H24O. The summed E-state index contributed by atoms with van der Waals surface area (Å²) in [6, 6.07) is 0. The van der Waals surface area contributed by atoms with Crippen molar-refractivity contribution < 1.29 is 5.11 Å². The molecule has 0 aromatic carbocycles. The van der Waals surface area contributed by atoms with Gasteiger partial charge in [0.25, 0.3) is 0 Å². The van der Waals surface area contributed by atoms with Crippen LogP contribution in [0.15, 0.2) is 23.3 Å². The normalized spacial score (nSPS) is 39.1. The second-order valence-corrected chi connectivity index (χ2v) is 6.09. The van der Waals surface area contributed by atoms with Gasteiger partial charge in [0.2, 0.25) is 0 Å².